The maximum atomic E-state index is 13.7. The highest BCUT2D eigenvalue weighted by Crippen LogP contribution is 2.29. The molecule has 1 aliphatic rings. The highest BCUT2D eigenvalue weighted by molar-refractivity contribution is 5.83. The molecule has 1 aliphatic heterocycles. The Balaban J connectivity index is 2.29. The van der Waals surface area contributed by atoms with Crippen molar-refractivity contribution in [3.05, 3.63) is 35.3 Å². The summed E-state index contributed by atoms with van der Waals surface area (Å²) in [6.45, 7) is 1.68. The zero-order valence-electron chi connectivity index (χ0n) is 8.35. The largest absolute Gasteiger partial charge is 0.461 e. The minimum absolute atomic E-state index is 0.179. The molecule has 0 saturated heterocycles. The van der Waals surface area contributed by atoms with E-state index < -0.39 is 0 Å². The molecule has 0 saturated carbocycles. The monoisotopic (exact) mass is 205 g/mol. The molecule has 0 bridgehead atoms. The SMILES string of the molecule is Fc1cccc2oc3c(c12)CNCCC3. The lowest BCUT2D eigenvalue weighted by atomic mass is 10.1. The zero-order valence-corrected chi connectivity index (χ0v) is 8.35. The van der Waals surface area contributed by atoms with Gasteiger partial charge in [0.25, 0.3) is 0 Å². The third-order valence-corrected chi connectivity index (χ3v) is 2.91. The van der Waals surface area contributed by atoms with E-state index in [1.165, 1.54) is 6.07 Å². The molecule has 0 fully saturated rings. The van der Waals surface area contributed by atoms with Gasteiger partial charge in [0.15, 0.2) is 0 Å². The zero-order chi connectivity index (χ0) is 10.3. The Morgan fingerprint density at radius 2 is 2.27 bits per heavy atom. The number of nitrogens with one attached hydrogen (secondary N) is 1. The first-order valence-corrected chi connectivity index (χ1v) is 5.26. The molecule has 1 aromatic heterocycles. The lowest BCUT2D eigenvalue weighted by Gasteiger charge is -1.98. The number of furan rings is 1. The molecule has 78 valence electrons. The second kappa shape index (κ2) is 3.35. The maximum Gasteiger partial charge on any atom is 0.137 e. The summed E-state index contributed by atoms with van der Waals surface area (Å²) in [6, 6.07) is 5.00. The van der Waals surface area contributed by atoms with Crippen molar-refractivity contribution in [3.63, 3.8) is 0 Å². The molecule has 0 atom stereocenters. The molecule has 15 heavy (non-hydrogen) atoms. The van der Waals surface area contributed by atoms with Crippen LogP contribution in [0.4, 0.5) is 4.39 Å². The molecule has 0 amide bonds. The molecule has 1 aromatic carbocycles. The Bertz CT molecular complexity index is 504. The number of fused-ring (bicyclic) bond motifs is 3. The van der Waals surface area contributed by atoms with Gasteiger partial charge in [-0.3, -0.25) is 0 Å². The first kappa shape index (κ1) is 8.92. The minimum atomic E-state index is -0.179. The fraction of sp³-hybridized carbons (Fsp3) is 0.333. The number of halogens is 1. The van der Waals surface area contributed by atoms with E-state index in [1.807, 2.05) is 6.07 Å². The first-order valence-electron chi connectivity index (χ1n) is 5.26. The summed E-state index contributed by atoms with van der Waals surface area (Å²) >= 11 is 0. The second-order valence-corrected chi connectivity index (χ2v) is 3.90. The van der Waals surface area contributed by atoms with E-state index in [4.69, 9.17) is 4.42 Å². The highest BCUT2D eigenvalue weighted by Gasteiger charge is 2.18. The van der Waals surface area contributed by atoms with Crippen LogP contribution in [-0.4, -0.2) is 6.54 Å². The number of aryl methyl sites for hydroxylation is 1. The van der Waals surface area contributed by atoms with Gasteiger partial charge < -0.3 is 9.73 Å². The van der Waals surface area contributed by atoms with Crippen LogP contribution in [0.25, 0.3) is 11.0 Å². The normalized spacial score (nSPS) is 16.3. The molecule has 0 radical (unpaired) electrons. The number of hydrogen-bond donors (Lipinski definition) is 1. The van der Waals surface area contributed by atoms with E-state index in [-0.39, 0.29) is 5.82 Å². The quantitative estimate of drug-likeness (QED) is 0.715. The average Bonchev–Trinajstić information content (AvgIpc) is 2.43. The minimum Gasteiger partial charge on any atom is -0.461 e. The Morgan fingerprint density at radius 1 is 1.33 bits per heavy atom. The van der Waals surface area contributed by atoms with Crippen LogP contribution in [0.15, 0.2) is 22.6 Å². The van der Waals surface area contributed by atoms with Crippen molar-refractivity contribution in [2.24, 2.45) is 0 Å². The number of benzene rings is 1. The Morgan fingerprint density at radius 3 is 3.20 bits per heavy atom. The van der Waals surface area contributed by atoms with Crippen molar-refractivity contribution in [1.29, 1.82) is 0 Å². The molecule has 2 aromatic rings. The molecule has 2 heterocycles. The smallest absolute Gasteiger partial charge is 0.137 e. The van der Waals surface area contributed by atoms with Gasteiger partial charge in [0.2, 0.25) is 0 Å². The van der Waals surface area contributed by atoms with Crippen molar-refractivity contribution >= 4 is 11.0 Å². The summed E-state index contributed by atoms with van der Waals surface area (Å²) in [4.78, 5) is 0. The molecule has 1 N–H and O–H groups in total. The van der Waals surface area contributed by atoms with E-state index in [2.05, 4.69) is 5.32 Å². The average molecular weight is 205 g/mol. The summed E-state index contributed by atoms with van der Waals surface area (Å²) in [6.07, 6.45) is 1.95. The molecule has 3 rings (SSSR count). The molecule has 2 nitrogen and oxygen atoms in total. The summed E-state index contributed by atoms with van der Waals surface area (Å²) in [7, 11) is 0. The second-order valence-electron chi connectivity index (χ2n) is 3.90. The summed E-state index contributed by atoms with van der Waals surface area (Å²) in [5.74, 6) is 0.765. The van der Waals surface area contributed by atoms with Gasteiger partial charge in [-0.05, 0) is 25.1 Å². The van der Waals surface area contributed by atoms with Crippen LogP contribution in [0.2, 0.25) is 0 Å². The Labute approximate surface area is 87.1 Å². The lowest BCUT2D eigenvalue weighted by Crippen LogP contribution is -2.12. The van der Waals surface area contributed by atoms with Crippen LogP contribution in [0, 0.1) is 5.82 Å². The predicted molar refractivity (Wildman–Crippen MR) is 56.2 cm³/mol. The third kappa shape index (κ3) is 1.35. The summed E-state index contributed by atoms with van der Waals surface area (Å²) in [5, 5.41) is 3.94. The lowest BCUT2D eigenvalue weighted by molar-refractivity contribution is 0.540. The summed E-state index contributed by atoms with van der Waals surface area (Å²) in [5.41, 5.74) is 1.67. The first-order chi connectivity index (χ1) is 7.36. The topological polar surface area (TPSA) is 25.2 Å². The van der Waals surface area contributed by atoms with E-state index >= 15 is 0 Å². The predicted octanol–water partition coefficient (Wildman–Crippen LogP) is 2.61. The highest BCUT2D eigenvalue weighted by atomic mass is 19.1. The van der Waals surface area contributed by atoms with Crippen LogP contribution in [0.3, 0.4) is 0 Å². The molecule has 0 aliphatic carbocycles. The van der Waals surface area contributed by atoms with Gasteiger partial charge in [-0.2, -0.15) is 0 Å². The Hall–Kier alpha value is -1.35. The summed E-state index contributed by atoms with van der Waals surface area (Å²) < 4.78 is 19.3. The van der Waals surface area contributed by atoms with Gasteiger partial charge >= 0.3 is 0 Å². The van der Waals surface area contributed by atoms with Crippen molar-refractivity contribution < 1.29 is 8.81 Å². The van der Waals surface area contributed by atoms with Gasteiger partial charge in [0.1, 0.15) is 17.2 Å². The molecular weight excluding hydrogens is 193 g/mol. The fourth-order valence-corrected chi connectivity index (χ4v) is 2.19. The van der Waals surface area contributed by atoms with Gasteiger partial charge in [-0.1, -0.05) is 6.07 Å². The molecule has 3 heteroatoms. The van der Waals surface area contributed by atoms with Crippen LogP contribution < -0.4 is 5.32 Å². The van der Waals surface area contributed by atoms with E-state index in [1.54, 1.807) is 6.07 Å². The molecule has 0 spiro atoms. The molecular formula is C12H12FNO. The van der Waals surface area contributed by atoms with Crippen LogP contribution >= 0.6 is 0 Å². The van der Waals surface area contributed by atoms with Gasteiger partial charge in [0, 0.05) is 18.5 Å². The van der Waals surface area contributed by atoms with E-state index in [0.29, 0.717) is 17.5 Å². The maximum absolute atomic E-state index is 13.7. The van der Waals surface area contributed by atoms with E-state index in [0.717, 1.165) is 30.7 Å². The van der Waals surface area contributed by atoms with Crippen LogP contribution in [-0.2, 0) is 13.0 Å². The Kier molecular flexibility index (Phi) is 1.99. The number of rotatable bonds is 0. The fourth-order valence-electron chi connectivity index (χ4n) is 2.19. The van der Waals surface area contributed by atoms with Crippen molar-refractivity contribution in [1.82, 2.24) is 5.32 Å². The van der Waals surface area contributed by atoms with Gasteiger partial charge in [-0.15, -0.1) is 0 Å². The third-order valence-electron chi connectivity index (χ3n) is 2.91. The standard InChI is InChI=1S/C12H12FNO/c13-9-3-1-4-11-12(9)8-7-14-6-2-5-10(8)15-11/h1,3-4,14H,2,5-7H2. The molecule has 0 unspecified atom stereocenters. The van der Waals surface area contributed by atoms with Crippen LogP contribution in [0.1, 0.15) is 17.7 Å². The van der Waals surface area contributed by atoms with Crippen LogP contribution in [0.5, 0.6) is 0 Å². The van der Waals surface area contributed by atoms with Crippen molar-refractivity contribution in [3.8, 4) is 0 Å². The van der Waals surface area contributed by atoms with E-state index in [9.17, 15) is 4.39 Å². The number of hydrogen-bond acceptors (Lipinski definition) is 2. The van der Waals surface area contributed by atoms with Gasteiger partial charge in [-0.25, -0.2) is 4.39 Å². The van der Waals surface area contributed by atoms with Crippen molar-refractivity contribution in [2.75, 3.05) is 6.54 Å². The van der Waals surface area contributed by atoms with Crippen molar-refractivity contribution in [2.45, 2.75) is 19.4 Å². The van der Waals surface area contributed by atoms with Gasteiger partial charge in [0.05, 0.1) is 5.39 Å².